The zero-order valence-electron chi connectivity index (χ0n) is 23.0. The second-order valence-electron chi connectivity index (χ2n) is 9.66. The Balaban J connectivity index is 1.50. The van der Waals surface area contributed by atoms with Gasteiger partial charge in [-0.2, -0.15) is 10.1 Å². The van der Waals surface area contributed by atoms with Gasteiger partial charge in [-0.05, 0) is 76.2 Å². The fourth-order valence-electron chi connectivity index (χ4n) is 3.93. The molecule has 4 aromatic carbocycles. The average Bonchev–Trinajstić information content (AvgIpc) is 2.98. The van der Waals surface area contributed by atoms with Crippen LogP contribution >= 0.6 is 0 Å². The number of amides is 2. The maximum Gasteiger partial charge on any atom is 0.282 e. The smallest absolute Gasteiger partial charge is 0.282 e. The molecule has 204 valence electrons. The van der Waals surface area contributed by atoms with Gasteiger partial charge < -0.3 is 0 Å². The van der Waals surface area contributed by atoms with E-state index in [0.29, 0.717) is 33.6 Å². The van der Waals surface area contributed by atoms with Crippen molar-refractivity contribution in [1.82, 2.24) is 0 Å². The van der Waals surface area contributed by atoms with Crippen LogP contribution in [0, 0.1) is 0 Å². The van der Waals surface area contributed by atoms with Crippen LogP contribution in [0.4, 0.5) is 11.4 Å². The topological polar surface area (TPSA) is 76.2 Å². The van der Waals surface area contributed by atoms with Crippen molar-refractivity contribution in [1.29, 1.82) is 0 Å². The molecule has 0 aliphatic rings. The van der Waals surface area contributed by atoms with Crippen molar-refractivity contribution in [2.45, 2.75) is 39.9 Å². The highest BCUT2D eigenvalue weighted by molar-refractivity contribution is 6.11. The molecule has 0 fully saturated rings. The maximum absolute atomic E-state index is 13.2. The van der Waals surface area contributed by atoms with Gasteiger partial charge in [-0.3, -0.25) is 24.1 Å². The van der Waals surface area contributed by atoms with E-state index < -0.39 is 0 Å². The van der Waals surface area contributed by atoms with E-state index in [-0.39, 0.29) is 29.8 Å². The summed E-state index contributed by atoms with van der Waals surface area (Å²) in [6.45, 7) is 7.39. The Kier molecular flexibility index (Phi) is 9.22. The molecule has 0 heterocycles. The lowest BCUT2D eigenvalue weighted by atomic mass is 10.0. The van der Waals surface area contributed by atoms with E-state index in [0.717, 1.165) is 0 Å². The van der Waals surface area contributed by atoms with Crippen LogP contribution in [0.1, 0.15) is 64.3 Å². The molecule has 4 aromatic rings. The number of benzene rings is 4. The van der Waals surface area contributed by atoms with E-state index in [1.54, 1.807) is 72.8 Å². The summed E-state index contributed by atoms with van der Waals surface area (Å²) < 4.78 is 0. The minimum Gasteiger partial charge on any atom is -0.289 e. The first-order chi connectivity index (χ1) is 19.2. The first kappa shape index (κ1) is 28.4. The summed E-state index contributed by atoms with van der Waals surface area (Å²) in [5.74, 6) is -0.906. The van der Waals surface area contributed by atoms with Gasteiger partial charge in [-0.25, -0.2) is 0 Å². The minimum atomic E-state index is -0.339. The van der Waals surface area contributed by atoms with Crippen LogP contribution < -0.4 is 10.1 Å². The molecule has 0 aromatic heterocycles. The van der Waals surface area contributed by atoms with Crippen molar-refractivity contribution in [3.05, 3.63) is 131 Å². The third-order valence-electron chi connectivity index (χ3n) is 5.77. The normalized spacial score (nSPS) is 10.9. The molecule has 0 radical (unpaired) electrons. The molecule has 7 nitrogen and oxygen atoms in total. The van der Waals surface area contributed by atoms with Crippen LogP contribution in [0.5, 0.6) is 0 Å². The number of carbonyl (C=O) groups is 3. The van der Waals surface area contributed by atoms with Gasteiger partial charge in [0, 0.05) is 22.3 Å². The fraction of sp³-hybridized carbons (Fsp3) is 0.182. The first-order valence-electron chi connectivity index (χ1n) is 13.1. The lowest BCUT2D eigenvalue weighted by Crippen LogP contribution is -2.33. The Morgan fingerprint density at radius 1 is 0.475 bits per heavy atom. The van der Waals surface area contributed by atoms with Crippen LogP contribution in [0.25, 0.3) is 0 Å². The van der Waals surface area contributed by atoms with Gasteiger partial charge in [0.25, 0.3) is 11.8 Å². The van der Waals surface area contributed by atoms with Crippen molar-refractivity contribution >= 4 is 29.0 Å². The Morgan fingerprint density at radius 3 is 1.07 bits per heavy atom. The molecule has 0 saturated carbocycles. The Bertz CT molecular complexity index is 1320. The fourth-order valence-corrected chi connectivity index (χ4v) is 3.93. The number of hydrogen-bond donors (Lipinski definition) is 0. The third kappa shape index (κ3) is 6.88. The quantitative estimate of drug-likeness (QED) is 0.163. The summed E-state index contributed by atoms with van der Waals surface area (Å²) in [5, 5.41) is 2.53. The van der Waals surface area contributed by atoms with Crippen molar-refractivity contribution in [2.24, 2.45) is 0 Å². The summed E-state index contributed by atoms with van der Waals surface area (Å²) >= 11 is 0. The maximum atomic E-state index is 13.2. The molecule has 40 heavy (non-hydrogen) atoms. The number of nitrogens with zero attached hydrogens (tertiary/aromatic N) is 2. The van der Waals surface area contributed by atoms with E-state index in [1.807, 2.05) is 64.1 Å². The summed E-state index contributed by atoms with van der Waals surface area (Å²) in [7, 11) is 0. The monoisotopic (exact) mass is 536 g/mol. The van der Waals surface area contributed by atoms with Gasteiger partial charge >= 0.3 is 0 Å². The number of hydrogen-bond acceptors (Lipinski definition) is 5. The number of para-hydroxylation sites is 2. The molecule has 0 unspecified atom stereocenters. The molecule has 0 spiro atoms. The zero-order chi connectivity index (χ0) is 28.6. The predicted molar refractivity (Wildman–Crippen MR) is 155 cm³/mol. The Morgan fingerprint density at radius 2 is 0.775 bits per heavy atom. The number of ketones is 1. The lowest BCUT2D eigenvalue weighted by Gasteiger charge is -2.24. The summed E-state index contributed by atoms with van der Waals surface area (Å²) in [6.07, 6.45) is -0.423. The predicted octanol–water partition coefficient (Wildman–Crippen LogP) is 6.89. The number of carbonyl (C=O) groups excluding carboxylic acids is 3. The van der Waals surface area contributed by atoms with E-state index in [9.17, 15) is 14.4 Å². The second kappa shape index (κ2) is 13.0. The molecule has 4 rings (SSSR count). The second-order valence-corrected chi connectivity index (χ2v) is 9.66. The van der Waals surface area contributed by atoms with Crippen molar-refractivity contribution < 1.29 is 24.1 Å². The largest absolute Gasteiger partial charge is 0.289 e. The molecule has 7 heteroatoms. The number of hydroxylamine groups is 2. The molecule has 0 aliphatic carbocycles. The van der Waals surface area contributed by atoms with Gasteiger partial charge in [-0.1, -0.05) is 60.7 Å². The van der Waals surface area contributed by atoms with Crippen LogP contribution in [-0.4, -0.2) is 29.8 Å². The molecule has 0 saturated heterocycles. The summed E-state index contributed by atoms with van der Waals surface area (Å²) in [4.78, 5) is 51.2. The summed E-state index contributed by atoms with van der Waals surface area (Å²) in [6, 6.07) is 31.1. The van der Waals surface area contributed by atoms with Gasteiger partial charge in [0.05, 0.1) is 23.6 Å². The standard InChI is InChI=1S/C33H32N2O5/c1-23(2)39-34(29-11-7-5-8-12-29)32(37)27-19-15-25(16-20-27)31(36)26-17-21-28(22-18-26)33(38)35(40-24(3)4)30-13-9-6-10-14-30/h5-24H,1-4H3. The third-order valence-corrected chi connectivity index (χ3v) is 5.77. The van der Waals surface area contributed by atoms with E-state index >= 15 is 0 Å². The average molecular weight is 537 g/mol. The van der Waals surface area contributed by atoms with Crippen molar-refractivity contribution in [3.63, 3.8) is 0 Å². The molecule has 0 bridgehead atoms. The molecular formula is C33H32N2O5. The summed E-state index contributed by atoms with van der Waals surface area (Å²) in [5.41, 5.74) is 2.82. The molecular weight excluding hydrogens is 504 g/mol. The number of anilines is 2. The molecule has 0 atom stereocenters. The van der Waals surface area contributed by atoms with Crippen LogP contribution in [-0.2, 0) is 9.68 Å². The Labute approximate surface area is 234 Å². The first-order valence-corrected chi connectivity index (χ1v) is 13.1. The van der Waals surface area contributed by atoms with Crippen LogP contribution in [0.2, 0.25) is 0 Å². The minimum absolute atomic E-state index is 0.212. The zero-order valence-corrected chi connectivity index (χ0v) is 23.0. The van der Waals surface area contributed by atoms with E-state index in [1.165, 1.54) is 10.1 Å². The van der Waals surface area contributed by atoms with E-state index in [4.69, 9.17) is 9.68 Å². The highest BCUT2D eigenvalue weighted by atomic mass is 16.7. The van der Waals surface area contributed by atoms with Gasteiger partial charge in [-0.15, -0.1) is 0 Å². The Hall–Kier alpha value is -4.59. The SMILES string of the molecule is CC(C)ON(C(=O)c1ccc(C(=O)c2ccc(C(=O)N(OC(C)C)c3ccccc3)cc2)cc1)c1ccccc1. The van der Waals surface area contributed by atoms with Crippen molar-refractivity contribution in [3.8, 4) is 0 Å². The van der Waals surface area contributed by atoms with Crippen LogP contribution in [0.15, 0.2) is 109 Å². The number of rotatable bonds is 10. The highest BCUT2D eigenvalue weighted by Gasteiger charge is 2.22. The van der Waals surface area contributed by atoms with Gasteiger partial charge in [0.15, 0.2) is 5.78 Å². The molecule has 0 N–H and O–H groups in total. The van der Waals surface area contributed by atoms with Gasteiger partial charge in [0.1, 0.15) is 0 Å². The lowest BCUT2D eigenvalue weighted by molar-refractivity contribution is 0.0420. The van der Waals surface area contributed by atoms with Crippen molar-refractivity contribution in [2.75, 3.05) is 10.1 Å². The molecule has 2 amide bonds. The molecule has 0 aliphatic heterocycles. The van der Waals surface area contributed by atoms with Crippen LogP contribution in [0.3, 0.4) is 0 Å². The highest BCUT2D eigenvalue weighted by Crippen LogP contribution is 2.22. The van der Waals surface area contributed by atoms with E-state index in [2.05, 4.69) is 0 Å². The van der Waals surface area contributed by atoms with Gasteiger partial charge in [0.2, 0.25) is 0 Å².